The van der Waals surface area contributed by atoms with Crippen LogP contribution in [0.1, 0.15) is 6.42 Å². The number of imide groups is 1. The first-order valence-corrected chi connectivity index (χ1v) is 10.5. The third-order valence-electron chi connectivity index (χ3n) is 4.76. The van der Waals surface area contributed by atoms with Crippen LogP contribution in [0.2, 0.25) is 0 Å². The van der Waals surface area contributed by atoms with Gasteiger partial charge < -0.3 is 9.47 Å². The van der Waals surface area contributed by atoms with E-state index in [0.717, 1.165) is 21.3 Å². The van der Waals surface area contributed by atoms with Crippen LogP contribution < -0.4 is 4.90 Å². The zero-order valence-electron chi connectivity index (χ0n) is 16.4. The largest absolute Gasteiger partial charge is 0.354 e. The number of anilines is 1. The minimum Gasteiger partial charge on any atom is -0.354 e. The van der Waals surface area contributed by atoms with Gasteiger partial charge in [0.15, 0.2) is 6.29 Å². The molecule has 0 aromatic heterocycles. The Labute approximate surface area is 173 Å². The van der Waals surface area contributed by atoms with Crippen LogP contribution in [0.15, 0.2) is 59.5 Å². The maximum Gasteiger partial charge on any atom is 0.252 e. The lowest BCUT2D eigenvalue weighted by Gasteiger charge is -2.29. The maximum atomic E-state index is 13.3. The molecule has 1 saturated heterocycles. The smallest absolute Gasteiger partial charge is 0.252 e. The second-order valence-corrected chi connectivity index (χ2v) is 8.44. The van der Waals surface area contributed by atoms with Crippen LogP contribution in [0.5, 0.6) is 0 Å². The fourth-order valence-corrected chi connectivity index (χ4v) is 4.80. The highest BCUT2D eigenvalue weighted by molar-refractivity contribution is 7.89. The number of nitrogens with zero attached hydrogens (tertiary/aromatic N) is 2. The van der Waals surface area contributed by atoms with E-state index in [9.17, 15) is 22.4 Å². The highest BCUT2D eigenvalue weighted by Crippen LogP contribution is 2.29. The van der Waals surface area contributed by atoms with Crippen molar-refractivity contribution in [3.05, 3.63) is 60.4 Å². The van der Waals surface area contributed by atoms with E-state index in [2.05, 4.69) is 0 Å². The van der Waals surface area contributed by atoms with Crippen LogP contribution in [0.3, 0.4) is 0 Å². The minimum absolute atomic E-state index is 0.0311. The number of benzene rings is 2. The molecule has 3 rings (SSSR count). The SMILES string of the molecule is COC(CN(C1CC(=O)N(c2ccc(F)cc2)C1=O)S(=O)(=O)c1ccccc1)OC. The van der Waals surface area contributed by atoms with Crippen molar-refractivity contribution in [2.45, 2.75) is 23.6 Å². The normalized spacial score (nSPS) is 17.4. The molecule has 2 aromatic carbocycles. The molecule has 0 bridgehead atoms. The van der Waals surface area contributed by atoms with Crippen LogP contribution in [-0.4, -0.2) is 57.6 Å². The average Bonchev–Trinajstić information content (AvgIpc) is 3.04. The number of hydrogen-bond donors (Lipinski definition) is 0. The van der Waals surface area contributed by atoms with Gasteiger partial charge >= 0.3 is 0 Å². The van der Waals surface area contributed by atoms with Gasteiger partial charge in [0.05, 0.1) is 23.5 Å². The second kappa shape index (κ2) is 9.00. The molecule has 2 aromatic rings. The van der Waals surface area contributed by atoms with E-state index in [1.165, 1.54) is 38.5 Å². The van der Waals surface area contributed by atoms with Gasteiger partial charge in [-0.2, -0.15) is 4.31 Å². The number of sulfonamides is 1. The Hall–Kier alpha value is -2.66. The molecule has 1 fully saturated rings. The van der Waals surface area contributed by atoms with Gasteiger partial charge in [0.1, 0.15) is 11.9 Å². The summed E-state index contributed by atoms with van der Waals surface area (Å²) >= 11 is 0. The maximum absolute atomic E-state index is 13.3. The fourth-order valence-electron chi connectivity index (χ4n) is 3.22. The average molecular weight is 436 g/mol. The predicted molar refractivity (Wildman–Crippen MR) is 105 cm³/mol. The molecule has 30 heavy (non-hydrogen) atoms. The van der Waals surface area contributed by atoms with Gasteiger partial charge in [0, 0.05) is 14.2 Å². The molecule has 0 N–H and O–H groups in total. The van der Waals surface area contributed by atoms with E-state index in [-0.39, 0.29) is 23.5 Å². The number of rotatable bonds is 8. The summed E-state index contributed by atoms with van der Waals surface area (Å²) in [5, 5.41) is 0. The van der Waals surface area contributed by atoms with Crippen molar-refractivity contribution in [1.82, 2.24) is 4.31 Å². The van der Waals surface area contributed by atoms with Crippen LogP contribution in [0.25, 0.3) is 0 Å². The summed E-state index contributed by atoms with van der Waals surface area (Å²) in [4.78, 5) is 26.5. The first kappa shape index (κ1) is 22.0. The van der Waals surface area contributed by atoms with E-state index < -0.39 is 40.0 Å². The van der Waals surface area contributed by atoms with E-state index in [4.69, 9.17) is 9.47 Å². The first-order chi connectivity index (χ1) is 14.3. The summed E-state index contributed by atoms with van der Waals surface area (Å²) in [6, 6.07) is 11.1. The van der Waals surface area contributed by atoms with Crippen molar-refractivity contribution in [2.24, 2.45) is 0 Å². The van der Waals surface area contributed by atoms with Crippen LogP contribution in [0, 0.1) is 5.82 Å². The highest BCUT2D eigenvalue weighted by Gasteiger charge is 2.47. The molecule has 0 aliphatic carbocycles. The van der Waals surface area contributed by atoms with E-state index in [0.29, 0.717) is 0 Å². The summed E-state index contributed by atoms with van der Waals surface area (Å²) in [6.07, 6.45) is -1.31. The molecule has 1 heterocycles. The Bertz CT molecular complexity index is 1010. The molecule has 1 aliphatic heterocycles. The number of hydrogen-bond acceptors (Lipinski definition) is 6. The summed E-state index contributed by atoms with van der Waals surface area (Å²) in [5.41, 5.74) is 0.168. The molecule has 10 heteroatoms. The standard InChI is InChI=1S/C20H21FN2O6S/c1-28-19(29-2)13-22(30(26,27)16-6-4-3-5-7-16)17-12-18(24)23(20(17)25)15-10-8-14(21)9-11-15/h3-11,17,19H,12-13H2,1-2H3. The lowest BCUT2D eigenvalue weighted by molar-refractivity contribution is -0.125. The zero-order valence-corrected chi connectivity index (χ0v) is 17.2. The molecule has 0 spiro atoms. The lowest BCUT2D eigenvalue weighted by atomic mass is 10.2. The van der Waals surface area contributed by atoms with Crippen LogP contribution in [0.4, 0.5) is 10.1 Å². The van der Waals surface area contributed by atoms with Crippen molar-refractivity contribution >= 4 is 27.5 Å². The van der Waals surface area contributed by atoms with Gasteiger partial charge in [-0.3, -0.25) is 9.59 Å². The van der Waals surface area contributed by atoms with Gasteiger partial charge in [-0.05, 0) is 36.4 Å². The van der Waals surface area contributed by atoms with Crippen molar-refractivity contribution in [2.75, 3.05) is 25.7 Å². The van der Waals surface area contributed by atoms with Gasteiger partial charge in [0.2, 0.25) is 15.9 Å². The molecule has 1 aliphatic rings. The topological polar surface area (TPSA) is 93.2 Å². The molecular weight excluding hydrogens is 415 g/mol. The molecule has 2 amide bonds. The van der Waals surface area contributed by atoms with E-state index >= 15 is 0 Å². The predicted octanol–water partition coefficient (Wildman–Crippen LogP) is 1.77. The number of methoxy groups -OCH3 is 2. The summed E-state index contributed by atoms with van der Waals surface area (Å²) in [7, 11) is -1.47. The number of halogens is 1. The van der Waals surface area contributed by atoms with Gasteiger partial charge in [-0.25, -0.2) is 17.7 Å². The summed E-state index contributed by atoms with van der Waals surface area (Å²) in [6.45, 7) is -0.300. The summed E-state index contributed by atoms with van der Waals surface area (Å²) < 4.78 is 51.0. The van der Waals surface area contributed by atoms with Gasteiger partial charge in [-0.1, -0.05) is 18.2 Å². The first-order valence-electron chi connectivity index (χ1n) is 9.04. The number of carbonyl (C=O) groups excluding carboxylic acids is 2. The van der Waals surface area contributed by atoms with Gasteiger partial charge in [-0.15, -0.1) is 0 Å². The quantitative estimate of drug-likeness (QED) is 0.463. The Morgan fingerprint density at radius 2 is 1.67 bits per heavy atom. The van der Waals surface area contributed by atoms with Crippen LogP contribution in [-0.2, 0) is 29.1 Å². The second-order valence-electron chi connectivity index (χ2n) is 6.55. The Morgan fingerprint density at radius 3 is 2.23 bits per heavy atom. The van der Waals surface area contributed by atoms with Gasteiger partial charge in [0.25, 0.3) is 5.91 Å². The molecule has 8 nitrogen and oxygen atoms in total. The van der Waals surface area contributed by atoms with E-state index in [1.54, 1.807) is 18.2 Å². The highest BCUT2D eigenvalue weighted by atomic mass is 32.2. The Kier molecular flexibility index (Phi) is 6.61. The molecule has 0 saturated carbocycles. The van der Waals surface area contributed by atoms with Crippen LogP contribution >= 0.6 is 0 Å². The Morgan fingerprint density at radius 1 is 1.07 bits per heavy atom. The molecule has 160 valence electrons. The number of carbonyl (C=O) groups is 2. The lowest BCUT2D eigenvalue weighted by Crippen LogP contribution is -2.49. The fraction of sp³-hybridized carbons (Fsp3) is 0.300. The molecule has 0 radical (unpaired) electrons. The van der Waals surface area contributed by atoms with Crippen molar-refractivity contribution < 1.29 is 31.9 Å². The monoisotopic (exact) mass is 436 g/mol. The van der Waals surface area contributed by atoms with Crippen molar-refractivity contribution in [1.29, 1.82) is 0 Å². The summed E-state index contributed by atoms with van der Waals surface area (Å²) in [5.74, 6) is -1.83. The number of ether oxygens (including phenoxy) is 2. The van der Waals surface area contributed by atoms with Crippen molar-refractivity contribution in [3.8, 4) is 0 Å². The minimum atomic E-state index is -4.15. The third-order valence-corrected chi connectivity index (χ3v) is 6.65. The molecular formula is C20H21FN2O6S. The molecule has 1 atom stereocenters. The Balaban J connectivity index is 2.00. The van der Waals surface area contributed by atoms with E-state index in [1.807, 2.05) is 0 Å². The number of amides is 2. The zero-order chi connectivity index (χ0) is 21.9. The molecule has 1 unspecified atom stereocenters. The third kappa shape index (κ3) is 4.26. The van der Waals surface area contributed by atoms with Crippen molar-refractivity contribution in [3.63, 3.8) is 0 Å².